The minimum atomic E-state index is -0.471. The summed E-state index contributed by atoms with van der Waals surface area (Å²) in [5.74, 6) is 0.0359. The van der Waals surface area contributed by atoms with Crippen LogP contribution in [0.15, 0.2) is 0 Å². The van der Waals surface area contributed by atoms with Crippen LogP contribution in [0.2, 0.25) is 0 Å². The summed E-state index contributed by atoms with van der Waals surface area (Å²) in [5, 5.41) is 0. The molecule has 3 aliphatic rings. The fourth-order valence-corrected chi connectivity index (χ4v) is 4.28. The molecule has 0 spiro atoms. The van der Waals surface area contributed by atoms with E-state index in [0.717, 1.165) is 38.6 Å². The molecule has 130 valence electrons. The summed E-state index contributed by atoms with van der Waals surface area (Å²) in [7, 11) is 0. The van der Waals surface area contributed by atoms with Crippen LogP contribution in [-0.2, 0) is 9.59 Å². The largest absolute Gasteiger partial charge is 0.298 e. The third-order valence-electron chi connectivity index (χ3n) is 6.22. The first-order valence-electron chi connectivity index (χ1n) is 9.35. The average Bonchev–Trinajstić information content (AvgIpc) is 2.80. The van der Waals surface area contributed by atoms with Crippen molar-refractivity contribution >= 4 is 11.8 Å². The van der Waals surface area contributed by atoms with Crippen molar-refractivity contribution in [1.29, 1.82) is 0 Å². The molecule has 0 radical (unpaired) electrons. The molecule has 0 aromatic rings. The lowest BCUT2D eigenvalue weighted by molar-refractivity contribution is -0.144. The zero-order valence-corrected chi connectivity index (χ0v) is 14.7. The van der Waals surface area contributed by atoms with Crippen LogP contribution in [0.25, 0.3) is 0 Å². The molecule has 0 N–H and O–H groups in total. The van der Waals surface area contributed by atoms with Crippen LogP contribution in [0, 0.1) is 5.41 Å². The van der Waals surface area contributed by atoms with Gasteiger partial charge in [0.15, 0.2) is 0 Å². The second-order valence-corrected chi connectivity index (χ2v) is 7.81. The Balaban J connectivity index is 1.51. The number of nitrogens with zero attached hydrogens (tertiary/aromatic N) is 3. The number of likely N-dealkylation sites (tertiary alicyclic amines) is 1. The topological polar surface area (TPSA) is 43.9 Å². The van der Waals surface area contributed by atoms with Crippen molar-refractivity contribution in [2.24, 2.45) is 5.41 Å². The molecule has 2 saturated heterocycles. The van der Waals surface area contributed by atoms with Gasteiger partial charge in [-0.15, -0.1) is 0 Å². The van der Waals surface area contributed by atoms with E-state index in [-0.39, 0.29) is 11.8 Å². The van der Waals surface area contributed by atoms with E-state index >= 15 is 0 Å². The molecule has 3 fully saturated rings. The molecule has 3 rings (SSSR count). The summed E-state index contributed by atoms with van der Waals surface area (Å²) in [6, 6.07) is 0.768. The second kappa shape index (κ2) is 6.89. The van der Waals surface area contributed by atoms with Crippen molar-refractivity contribution < 1.29 is 9.59 Å². The summed E-state index contributed by atoms with van der Waals surface area (Å²) in [4.78, 5) is 31.1. The molecule has 0 aromatic heterocycles. The van der Waals surface area contributed by atoms with E-state index in [2.05, 4.69) is 9.80 Å². The van der Waals surface area contributed by atoms with Crippen LogP contribution < -0.4 is 0 Å². The lowest BCUT2D eigenvalue weighted by Crippen LogP contribution is -2.54. The summed E-state index contributed by atoms with van der Waals surface area (Å²) >= 11 is 0. The van der Waals surface area contributed by atoms with Crippen LogP contribution in [0.3, 0.4) is 0 Å². The SMILES string of the molecule is CCC1(C)CC(=O)N(CN2CCN(C3CCCCC3)CC2)C1=O. The number of piperazine rings is 1. The fraction of sp³-hybridized carbons (Fsp3) is 0.889. The van der Waals surface area contributed by atoms with Gasteiger partial charge >= 0.3 is 0 Å². The van der Waals surface area contributed by atoms with Crippen molar-refractivity contribution in [3.63, 3.8) is 0 Å². The van der Waals surface area contributed by atoms with Crippen LogP contribution >= 0.6 is 0 Å². The molecule has 5 nitrogen and oxygen atoms in total. The standard InChI is InChI=1S/C18H31N3O2/c1-3-18(2)13-16(22)21(17(18)23)14-19-9-11-20(12-10-19)15-7-5-4-6-8-15/h15H,3-14H2,1-2H3. The van der Waals surface area contributed by atoms with Crippen molar-refractivity contribution in [3.05, 3.63) is 0 Å². The first-order chi connectivity index (χ1) is 11.0. The average molecular weight is 321 g/mol. The van der Waals surface area contributed by atoms with Gasteiger partial charge in [-0.3, -0.25) is 24.3 Å². The number of hydrogen-bond donors (Lipinski definition) is 0. The number of carbonyl (C=O) groups excluding carboxylic acids is 2. The maximum Gasteiger partial charge on any atom is 0.236 e. The Kier molecular flexibility index (Phi) is 5.07. The summed E-state index contributed by atoms with van der Waals surface area (Å²) < 4.78 is 0. The number of amides is 2. The smallest absolute Gasteiger partial charge is 0.236 e. The van der Waals surface area contributed by atoms with E-state index in [1.807, 2.05) is 13.8 Å². The van der Waals surface area contributed by atoms with Gasteiger partial charge in [0, 0.05) is 38.6 Å². The molecule has 2 aliphatic heterocycles. The molecule has 0 bridgehead atoms. The molecular weight excluding hydrogens is 290 g/mol. The predicted octanol–water partition coefficient (Wildman–Crippen LogP) is 2.07. The monoisotopic (exact) mass is 321 g/mol. The summed E-state index contributed by atoms with van der Waals surface area (Å²) in [6.07, 6.45) is 7.95. The van der Waals surface area contributed by atoms with Gasteiger partial charge in [0.2, 0.25) is 11.8 Å². The Morgan fingerprint density at radius 3 is 2.26 bits per heavy atom. The molecular formula is C18H31N3O2. The van der Waals surface area contributed by atoms with E-state index in [0.29, 0.717) is 13.1 Å². The lowest BCUT2D eigenvalue weighted by atomic mass is 9.86. The van der Waals surface area contributed by atoms with Crippen molar-refractivity contribution in [2.45, 2.75) is 64.8 Å². The molecule has 23 heavy (non-hydrogen) atoms. The van der Waals surface area contributed by atoms with Crippen molar-refractivity contribution in [2.75, 3.05) is 32.8 Å². The van der Waals surface area contributed by atoms with E-state index < -0.39 is 5.41 Å². The van der Waals surface area contributed by atoms with Crippen molar-refractivity contribution in [1.82, 2.24) is 14.7 Å². The highest BCUT2D eigenvalue weighted by molar-refractivity contribution is 6.05. The van der Waals surface area contributed by atoms with Gasteiger partial charge in [0.05, 0.1) is 12.1 Å². The highest BCUT2D eigenvalue weighted by atomic mass is 16.2. The van der Waals surface area contributed by atoms with E-state index in [4.69, 9.17) is 0 Å². The molecule has 1 aliphatic carbocycles. The van der Waals surface area contributed by atoms with E-state index in [1.54, 1.807) is 0 Å². The quantitative estimate of drug-likeness (QED) is 0.744. The summed E-state index contributed by atoms with van der Waals surface area (Å²) in [6.45, 7) is 8.50. The minimum Gasteiger partial charge on any atom is -0.298 e. The number of hydrogen-bond acceptors (Lipinski definition) is 4. The first-order valence-corrected chi connectivity index (χ1v) is 9.35. The molecule has 1 atom stereocenters. The number of rotatable bonds is 4. The third-order valence-corrected chi connectivity index (χ3v) is 6.22. The number of imide groups is 1. The Morgan fingerprint density at radius 2 is 1.70 bits per heavy atom. The van der Waals surface area contributed by atoms with Crippen LogP contribution in [0.4, 0.5) is 0 Å². The Bertz CT molecular complexity index is 453. The molecule has 1 saturated carbocycles. The van der Waals surface area contributed by atoms with Gasteiger partial charge in [0.25, 0.3) is 0 Å². The third kappa shape index (κ3) is 3.45. The van der Waals surface area contributed by atoms with Gasteiger partial charge < -0.3 is 0 Å². The minimum absolute atomic E-state index is 0.00839. The molecule has 5 heteroatoms. The van der Waals surface area contributed by atoms with Crippen LogP contribution in [0.1, 0.15) is 58.8 Å². The summed E-state index contributed by atoms with van der Waals surface area (Å²) in [5.41, 5.74) is -0.471. The molecule has 1 unspecified atom stereocenters. The fourth-order valence-electron chi connectivity index (χ4n) is 4.28. The molecule has 0 aromatic carbocycles. The van der Waals surface area contributed by atoms with Gasteiger partial charge in [-0.2, -0.15) is 0 Å². The van der Waals surface area contributed by atoms with Gasteiger partial charge in [0.1, 0.15) is 0 Å². The zero-order valence-electron chi connectivity index (χ0n) is 14.7. The van der Waals surface area contributed by atoms with E-state index in [9.17, 15) is 9.59 Å². The zero-order chi connectivity index (χ0) is 16.4. The Labute approximate surface area is 140 Å². The normalized spacial score (nSPS) is 32.0. The maximum atomic E-state index is 12.5. The Morgan fingerprint density at radius 1 is 1.04 bits per heavy atom. The second-order valence-electron chi connectivity index (χ2n) is 7.81. The van der Waals surface area contributed by atoms with E-state index in [1.165, 1.54) is 37.0 Å². The molecule has 2 heterocycles. The Hall–Kier alpha value is -0.940. The highest BCUT2D eigenvalue weighted by Gasteiger charge is 2.47. The lowest BCUT2D eigenvalue weighted by Gasteiger charge is -2.41. The van der Waals surface area contributed by atoms with Crippen LogP contribution in [0.5, 0.6) is 0 Å². The number of carbonyl (C=O) groups is 2. The van der Waals surface area contributed by atoms with Crippen LogP contribution in [-0.4, -0.2) is 65.4 Å². The molecule has 2 amide bonds. The van der Waals surface area contributed by atoms with Gasteiger partial charge in [-0.05, 0) is 19.3 Å². The predicted molar refractivity (Wildman–Crippen MR) is 89.8 cm³/mol. The van der Waals surface area contributed by atoms with Crippen molar-refractivity contribution in [3.8, 4) is 0 Å². The highest BCUT2D eigenvalue weighted by Crippen LogP contribution is 2.35. The first kappa shape index (κ1) is 16.9. The maximum absolute atomic E-state index is 12.5. The van der Waals surface area contributed by atoms with Gasteiger partial charge in [-0.25, -0.2) is 0 Å². The van der Waals surface area contributed by atoms with Gasteiger partial charge in [-0.1, -0.05) is 33.1 Å².